The fourth-order valence-electron chi connectivity index (χ4n) is 6.69. The standard InChI is InChI=1S/C21H27ClN2O/c22-17-3-1-15(2-4-17)20-10-14-9-16(12-20)21(11-14,13-20)19(25)24-18-5-7-23-8-6-18/h1-4,14,16,18,23H,5-13H2,(H,24,25). The number of carbonyl (C=O) groups excluding carboxylic acids is 1. The number of hydrogen-bond acceptors (Lipinski definition) is 2. The van der Waals surface area contributed by atoms with E-state index >= 15 is 0 Å². The van der Waals surface area contributed by atoms with E-state index in [1.54, 1.807) is 0 Å². The lowest BCUT2D eigenvalue weighted by Crippen LogP contribution is -2.50. The van der Waals surface area contributed by atoms with Crippen molar-refractivity contribution in [2.24, 2.45) is 17.3 Å². The van der Waals surface area contributed by atoms with Crippen molar-refractivity contribution < 1.29 is 4.79 Å². The van der Waals surface area contributed by atoms with Gasteiger partial charge in [0.1, 0.15) is 0 Å². The van der Waals surface area contributed by atoms with Crippen LogP contribution in [0.5, 0.6) is 0 Å². The third-order valence-electron chi connectivity index (χ3n) is 7.61. The van der Waals surface area contributed by atoms with Crippen molar-refractivity contribution in [2.75, 3.05) is 13.1 Å². The highest BCUT2D eigenvalue weighted by molar-refractivity contribution is 6.30. The molecule has 4 bridgehead atoms. The van der Waals surface area contributed by atoms with Crippen LogP contribution in [0.15, 0.2) is 24.3 Å². The minimum Gasteiger partial charge on any atom is -0.353 e. The zero-order valence-electron chi connectivity index (χ0n) is 14.7. The minimum atomic E-state index is -0.104. The maximum absolute atomic E-state index is 13.4. The molecule has 0 radical (unpaired) electrons. The maximum atomic E-state index is 13.4. The second-order valence-corrected chi connectivity index (χ2v) is 9.47. The lowest BCUT2D eigenvalue weighted by Gasteiger charge is -2.41. The fourth-order valence-corrected chi connectivity index (χ4v) is 6.82. The smallest absolute Gasteiger partial charge is 0.226 e. The number of benzene rings is 1. The Morgan fingerprint density at radius 2 is 1.88 bits per heavy atom. The summed E-state index contributed by atoms with van der Waals surface area (Å²) in [4.78, 5) is 13.4. The van der Waals surface area contributed by atoms with E-state index in [2.05, 4.69) is 22.8 Å². The Labute approximate surface area is 154 Å². The van der Waals surface area contributed by atoms with E-state index in [9.17, 15) is 4.79 Å². The number of amides is 1. The van der Waals surface area contributed by atoms with Crippen molar-refractivity contribution in [3.63, 3.8) is 0 Å². The molecule has 5 aliphatic rings. The van der Waals surface area contributed by atoms with Gasteiger partial charge in [-0.2, -0.15) is 0 Å². The van der Waals surface area contributed by atoms with Crippen LogP contribution in [0.25, 0.3) is 0 Å². The van der Waals surface area contributed by atoms with Gasteiger partial charge in [-0.05, 0) is 93.0 Å². The molecule has 5 fully saturated rings. The lowest BCUT2D eigenvalue weighted by atomic mass is 9.63. The molecule has 4 heteroatoms. The number of halogens is 1. The Morgan fingerprint density at radius 3 is 2.64 bits per heavy atom. The van der Waals surface area contributed by atoms with Gasteiger partial charge in [0.25, 0.3) is 0 Å². The van der Waals surface area contributed by atoms with Gasteiger partial charge in [0.2, 0.25) is 5.91 Å². The van der Waals surface area contributed by atoms with E-state index in [1.165, 1.54) is 24.8 Å². The van der Waals surface area contributed by atoms with E-state index in [-0.39, 0.29) is 10.8 Å². The van der Waals surface area contributed by atoms with Crippen molar-refractivity contribution in [3.8, 4) is 0 Å². The summed E-state index contributed by atoms with van der Waals surface area (Å²) in [6.45, 7) is 2.05. The molecule has 1 aromatic carbocycles. The molecule has 25 heavy (non-hydrogen) atoms. The molecule has 3 nitrogen and oxygen atoms in total. The zero-order chi connectivity index (χ0) is 17.1. The van der Waals surface area contributed by atoms with Gasteiger partial charge in [-0.3, -0.25) is 4.79 Å². The van der Waals surface area contributed by atoms with Crippen LogP contribution >= 0.6 is 11.6 Å². The first kappa shape index (κ1) is 16.1. The largest absolute Gasteiger partial charge is 0.353 e. The summed E-state index contributed by atoms with van der Waals surface area (Å²) in [6.07, 6.45) is 7.99. The van der Waals surface area contributed by atoms with Gasteiger partial charge < -0.3 is 10.6 Å². The van der Waals surface area contributed by atoms with Crippen LogP contribution in [-0.4, -0.2) is 25.0 Å². The van der Waals surface area contributed by atoms with Crippen LogP contribution in [0.1, 0.15) is 50.5 Å². The third-order valence-corrected chi connectivity index (χ3v) is 7.86. The molecule has 4 saturated carbocycles. The predicted molar refractivity (Wildman–Crippen MR) is 99.7 cm³/mol. The topological polar surface area (TPSA) is 41.1 Å². The fraction of sp³-hybridized carbons (Fsp3) is 0.667. The Hall–Kier alpha value is -1.06. The second kappa shape index (κ2) is 5.72. The summed E-state index contributed by atoms with van der Waals surface area (Å²) in [5.41, 5.74) is 1.51. The Kier molecular flexibility index (Phi) is 3.69. The molecule has 1 saturated heterocycles. The third kappa shape index (κ3) is 2.46. The predicted octanol–water partition coefficient (Wildman–Crippen LogP) is 3.66. The van der Waals surface area contributed by atoms with Crippen molar-refractivity contribution in [2.45, 2.75) is 56.4 Å². The first-order valence-electron chi connectivity index (χ1n) is 9.87. The SMILES string of the molecule is O=C(NC1CCNCC1)C12CC3CC1CC(c1ccc(Cl)cc1)(C3)C2. The van der Waals surface area contributed by atoms with Gasteiger partial charge >= 0.3 is 0 Å². The van der Waals surface area contributed by atoms with Gasteiger partial charge in [0.15, 0.2) is 0 Å². The maximum Gasteiger partial charge on any atom is 0.226 e. The van der Waals surface area contributed by atoms with Gasteiger partial charge in [-0.15, -0.1) is 0 Å². The molecule has 6 rings (SSSR count). The summed E-state index contributed by atoms with van der Waals surface area (Å²) in [5, 5.41) is 7.63. The first-order chi connectivity index (χ1) is 12.1. The first-order valence-corrected chi connectivity index (χ1v) is 10.3. The van der Waals surface area contributed by atoms with Crippen molar-refractivity contribution >= 4 is 17.5 Å². The molecule has 1 aromatic rings. The van der Waals surface area contributed by atoms with Crippen LogP contribution in [0.4, 0.5) is 0 Å². The summed E-state index contributed by atoms with van der Waals surface area (Å²) in [7, 11) is 0. The minimum absolute atomic E-state index is 0.104. The molecule has 4 aliphatic carbocycles. The van der Waals surface area contributed by atoms with Crippen LogP contribution in [0, 0.1) is 17.3 Å². The Bertz CT molecular complexity index is 684. The molecule has 1 heterocycles. The highest BCUT2D eigenvalue weighted by atomic mass is 35.5. The van der Waals surface area contributed by atoms with E-state index in [1.807, 2.05) is 12.1 Å². The van der Waals surface area contributed by atoms with Crippen LogP contribution in [0.2, 0.25) is 5.02 Å². The van der Waals surface area contributed by atoms with Gasteiger partial charge in [-0.1, -0.05) is 23.7 Å². The summed E-state index contributed by atoms with van der Waals surface area (Å²) in [6, 6.07) is 8.80. The van der Waals surface area contributed by atoms with Gasteiger partial charge in [0, 0.05) is 11.1 Å². The summed E-state index contributed by atoms with van der Waals surface area (Å²) in [5.74, 6) is 1.66. The number of carbonyl (C=O) groups is 1. The number of piperidine rings is 1. The molecular weight excluding hydrogens is 332 g/mol. The number of nitrogens with one attached hydrogen (secondary N) is 2. The van der Waals surface area contributed by atoms with E-state index in [4.69, 9.17) is 11.6 Å². The molecule has 2 N–H and O–H groups in total. The van der Waals surface area contributed by atoms with Crippen molar-refractivity contribution in [3.05, 3.63) is 34.9 Å². The lowest BCUT2D eigenvalue weighted by molar-refractivity contribution is -0.134. The van der Waals surface area contributed by atoms with E-state index < -0.39 is 0 Å². The molecule has 0 aromatic heterocycles. The highest BCUT2D eigenvalue weighted by Gasteiger charge is 2.67. The average Bonchev–Trinajstić information content (AvgIpc) is 3.00. The van der Waals surface area contributed by atoms with Crippen molar-refractivity contribution in [1.29, 1.82) is 0 Å². The quantitative estimate of drug-likeness (QED) is 0.865. The van der Waals surface area contributed by atoms with Gasteiger partial charge in [-0.25, -0.2) is 0 Å². The molecule has 1 aliphatic heterocycles. The Balaban J connectivity index is 1.41. The number of hydrogen-bond donors (Lipinski definition) is 2. The summed E-state index contributed by atoms with van der Waals surface area (Å²) < 4.78 is 0. The van der Waals surface area contributed by atoms with Crippen molar-refractivity contribution in [1.82, 2.24) is 10.6 Å². The molecule has 0 spiro atoms. The average molecular weight is 359 g/mol. The van der Waals surface area contributed by atoms with Crippen LogP contribution in [-0.2, 0) is 10.2 Å². The molecular formula is C21H27ClN2O. The zero-order valence-corrected chi connectivity index (χ0v) is 15.4. The normalized spacial score (nSPS) is 39.7. The van der Waals surface area contributed by atoms with Gasteiger partial charge in [0.05, 0.1) is 5.41 Å². The monoisotopic (exact) mass is 358 g/mol. The molecule has 4 atom stereocenters. The van der Waals surface area contributed by atoms with E-state index in [0.29, 0.717) is 17.9 Å². The molecule has 1 amide bonds. The van der Waals surface area contributed by atoms with E-state index in [0.717, 1.165) is 49.7 Å². The molecule has 4 unspecified atom stereocenters. The second-order valence-electron chi connectivity index (χ2n) is 9.03. The Morgan fingerprint density at radius 1 is 1.12 bits per heavy atom. The van der Waals surface area contributed by atoms with Crippen LogP contribution < -0.4 is 10.6 Å². The number of rotatable bonds is 3. The molecule has 134 valence electrons. The highest BCUT2D eigenvalue weighted by Crippen LogP contribution is 2.70. The summed E-state index contributed by atoms with van der Waals surface area (Å²) >= 11 is 6.10. The van der Waals surface area contributed by atoms with Crippen LogP contribution in [0.3, 0.4) is 0 Å².